The molecule has 0 spiro atoms. The summed E-state index contributed by atoms with van der Waals surface area (Å²) in [5.41, 5.74) is -0.704. The van der Waals surface area contributed by atoms with Gasteiger partial charge in [0.2, 0.25) is 0 Å². The predicted molar refractivity (Wildman–Crippen MR) is 80.8 cm³/mol. The maximum absolute atomic E-state index is 12.1. The first-order valence-corrected chi connectivity index (χ1v) is 7.59. The Kier molecular flexibility index (Phi) is 3.99. The highest BCUT2D eigenvalue weighted by Crippen LogP contribution is 2.43. The lowest BCUT2D eigenvalue weighted by molar-refractivity contribution is -0.113. The van der Waals surface area contributed by atoms with Crippen LogP contribution in [0.1, 0.15) is 44.9 Å². The molecule has 0 aromatic carbocycles. The Hall–Kier alpha value is -1.62. The first kappa shape index (κ1) is 14.8. The van der Waals surface area contributed by atoms with E-state index < -0.39 is 5.60 Å². The van der Waals surface area contributed by atoms with Crippen molar-refractivity contribution in [1.82, 2.24) is 0 Å². The molecule has 1 aliphatic heterocycles. The van der Waals surface area contributed by atoms with Crippen LogP contribution in [0.4, 0.5) is 0 Å². The van der Waals surface area contributed by atoms with Crippen molar-refractivity contribution in [3.63, 3.8) is 0 Å². The number of Topliss-reactive ketones (excluding diaryl/α,β-unsaturated/α-hetero) is 1. The van der Waals surface area contributed by atoms with Crippen molar-refractivity contribution in [1.29, 1.82) is 5.41 Å². The van der Waals surface area contributed by atoms with Crippen molar-refractivity contribution >= 4 is 28.4 Å². The molecule has 108 valence electrons. The standard InChI is InChI=1S/C15H19NO3S/c1-4-5-6-9(17)12(16)11-13-10(7-8-20-13)19-15(2,3)14(11)18/h7-8,16,18H,4-6H2,1-3H3. The van der Waals surface area contributed by atoms with Crippen LogP contribution in [0.2, 0.25) is 0 Å². The fourth-order valence-electron chi connectivity index (χ4n) is 2.13. The smallest absolute Gasteiger partial charge is 0.181 e. The number of fused-ring (bicyclic) bond motifs is 1. The van der Waals surface area contributed by atoms with Gasteiger partial charge in [-0.2, -0.15) is 0 Å². The lowest BCUT2D eigenvalue weighted by Crippen LogP contribution is -2.36. The summed E-state index contributed by atoms with van der Waals surface area (Å²) in [6, 6.07) is 1.80. The van der Waals surface area contributed by atoms with Gasteiger partial charge in [-0.25, -0.2) is 0 Å². The molecule has 5 heteroatoms. The molecule has 0 fully saturated rings. The van der Waals surface area contributed by atoms with Crippen molar-refractivity contribution in [3.8, 4) is 5.75 Å². The second-order valence-electron chi connectivity index (χ2n) is 5.35. The van der Waals surface area contributed by atoms with Crippen LogP contribution in [0.3, 0.4) is 0 Å². The van der Waals surface area contributed by atoms with Crippen LogP contribution in [0.25, 0.3) is 5.57 Å². The van der Waals surface area contributed by atoms with E-state index in [-0.39, 0.29) is 17.3 Å². The van der Waals surface area contributed by atoms with Crippen molar-refractivity contribution in [3.05, 3.63) is 22.1 Å². The first-order valence-electron chi connectivity index (χ1n) is 6.71. The molecule has 2 rings (SSSR count). The highest BCUT2D eigenvalue weighted by molar-refractivity contribution is 7.12. The predicted octanol–water partition coefficient (Wildman–Crippen LogP) is 3.97. The monoisotopic (exact) mass is 293 g/mol. The summed E-state index contributed by atoms with van der Waals surface area (Å²) in [5, 5.41) is 20.3. The number of hydrogen-bond acceptors (Lipinski definition) is 5. The number of hydrogen-bond donors (Lipinski definition) is 2. The second-order valence-corrected chi connectivity index (χ2v) is 6.27. The highest BCUT2D eigenvalue weighted by atomic mass is 32.1. The molecular weight excluding hydrogens is 274 g/mol. The van der Waals surface area contributed by atoms with Crippen LogP contribution in [-0.4, -0.2) is 22.2 Å². The Morgan fingerprint density at radius 3 is 2.85 bits per heavy atom. The number of unbranched alkanes of at least 4 members (excludes halogenated alkanes) is 1. The van der Waals surface area contributed by atoms with Crippen LogP contribution >= 0.6 is 11.3 Å². The second kappa shape index (κ2) is 5.40. The number of ether oxygens (including phenoxy) is 1. The van der Waals surface area contributed by atoms with Gasteiger partial charge in [0.15, 0.2) is 11.4 Å². The van der Waals surface area contributed by atoms with E-state index >= 15 is 0 Å². The molecule has 0 radical (unpaired) electrons. The minimum atomic E-state index is -0.916. The van der Waals surface area contributed by atoms with Crippen LogP contribution < -0.4 is 4.74 Å². The van der Waals surface area contributed by atoms with Gasteiger partial charge in [-0.05, 0) is 31.7 Å². The van der Waals surface area contributed by atoms with Gasteiger partial charge >= 0.3 is 0 Å². The molecule has 0 atom stereocenters. The number of carbonyl (C=O) groups is 1. The summed E-state index contributed by atoms with van der Waals surface area (Å²) in [4.78, 5) is 12.7. The summed E-state index contributed by atoms with van der Waals surface area (Å²) in [6.45, 7) is 5.46. The number of rotatable bonds is 5. The molecule has 1 aliphatic rings. The van der Waals surface area contributed by atoms with Gasteiger partial charge in [-0.3, -0.25) is 10.2 Å². The van der Waals surface area contributed by atoms with E-state index in [9.17, 15) is 9.90 Å². The SMILES string of the molecule is CCCCC(=O)C(=N)C1=C(O)C(C)(C)Oc2ccsc21. The molecule has 1 aromatic heterocycles. The average Bonchev–Trinajstić information content (AvgIpc) is 2.83. The zero-order valence-corrected chi connectivity index (χ0v) is 12.8. The molecule has 0 aliphatic carbocycles. The van der Waals surface area contributed by atoms with E-state index in [4.69, 9.17) is 10.1 Å². The maximum atomic E-state index is 12.1. The minimum Gasteiger partial charge on any atom is -0.507 e. The number of aliphatic hydroxyl groups is 1. The van der Waals surface area contributed by atoms with Crippen LogP contribution in [0.15, 0.2) is 17.2 Å². The summed E-state index contributed by atoms with van der Waals surface area (Å²) < 4.78 is 5.71. The molecule has 2 heterocycles. The number of ketones is 1. The fraction of sp³-hybridized carbons (Fsp3) is 0.467. The topological polar surface area (TPSA) is 70.4 Å². The quantitative estimate of drug-likeness (QED) is 0.807. The maximum Gasteiger partial charge on any atom is 0.181 e. The normalized spacial score (nSPS) is 16.6. The van der Waals surface area contributed by atoms with E-state index in [1.807, 2.05) is 12.3 Å². The summed E-state index contributed by atoms with van der Waals surface area (Å²) >= 11 is 1.37. The summed E-state index contributed by atoms with van der Waals surface area (Å²) in [7, 11) is 0. The van der Waals surface area contributed by atoms with Gasteiger partial charge in [0.25, 0.3) is 0 Å². The highest BCUT2D eigenvalue weighted by Gasteiger charge is 2.38. The van der Waals surface area contributed by atoms with Crippen molar-refractivity contribution in [2.45, 2.75) is 45.6 Å². The molecule has 20 heavy (non-hydrogen) atoms. The van der Waals surface area contributed by atoms with Gasteiger partial charge in [-0.1, -0.05) is 13.3 Å². The van der Waals surface area contributed by atoms with Crippen LogP contribution in [0.5, 0.6) is 5.75 Å². The molecular formula is C15H19NO3S. The van der Waals surface area contributed by atoms with Gasteiger partial charge in [0.05, 0.1) is 10.5 Å². The number of aliphatic hydroxyl groups excluding tert-OH is 1. The van der Waals surface area contributed by atoms with Gasteiger partial charge in [0, 0.05) is 6.42 Å². The molecule has 1 aromatic rings. The van der Waals surface area contributed by atoms with Crippen LogP contribution in [-0.2, 0) is 4.79 Å². The molecule has 0 unspecified atom stereocenters. The molecule has 0 saturated heterocycles. The zero-order valence-electron chi connectivity index (χ0n) is 11.9. The third-order valence-corrected chi connectivity index (χ3v) is 4.23. The number of nitrogens with one attached hydrogen (secondary N) is 1. The fourth-order valence-corrected chi connectivity index (χ4v) is 3.00. The van der Waals surface area contributed by atoms with E-state index in [1.165, 1.54) is 11.3 Å². The lowest BCUT2D eigenvalue weighted by atomic mass is 9.92. The van der Waals surface area contributed by atoms with Crippen molar-refractivity contribution in [2.75, 3.05) is 0 Å². The van der Waals surface area contributed by atoms with E-state index in [0.29, 0.717) is 22.6 Å². The molecule has 0 amide bonds. The van der Waals surface area contributed by atoms with Gasteiger partial charge in [0.1, 0.15) is 17.2 Å². The number of thiophene rings is 1. The van der Waals surface area contributed by atoms with E-state index in [0.717, 1.165) is 12.8 Å². The number of carbonyl (C=O) groups excluding carboxylic acids is 1. The third-order valence-electron chi connectivity index (χ3n) is 3.31. The van der Waals surface area contributed by atoms with Crippen LogP contribution in [0, 0.1) is 5.41 Å². The summed E-state index contributed by atoms with van der Waals surface area (Å²) in [5.74, 6) is 0.355. The Labute approximate surface area is 122 Å². The zero-order chi connectivity index (χ0) is 14.9. The third kappa shape index (κ3) is 2.50. The average molecular weight is 293 g/mol. The molecule has 4 nitrogen and oxygen atoms in total. The Morgan fingerprint density at radius 2 is 2.20 bits per heavy atom. The Bertz CT molecular complexity index is 584. The minimum absolute atomic E-state index is 0.0395. The van der Waals surface area contributed by atoms with Crippen molar-refractivity contribution < 1.29 is 14.6 Å². The van der Waals surface area contributed by atoms with E-state index in [2.05, 4.69) is 0 Å². The lowest BCUT2D eigenvalue weighted by Gasteiger charge is -2.32. The number of allylic oxidation sites excluding steroid dienone is 1. The largest absolute Gasteiger partial charge is 0.507 e. The van der Waals surface area contributed by atoms with E-state index in [1.54, 1.807) is 19.9 Å². The Morgan fingerprint density at radius 1 is 1.50 bits per heavy atom. The van der Waals surface area contributed by atoms with Crippen molar-refractivity contribution in [2.24, 2.45) is 0 Å². The molecule has 2 N–H and O–H groups in total. The van der Waals surface area contributed by atoms with Gasteiger partial charge < -0.3 is 9.84 Å². The van der Waals surface area contributed by atoms with Gasteiger partial charge in [-0.15, -0.1) is 11.3 Å². The first-order chi connectivity index (χ1) is 9.38. The molecule has 0 bridgehead atoms. The molecule has 0 saturated carbocycles. The Balaban J connectivity index is 2.42. The summed E-state index contributed by atoms with van der Waals surface area (Å²) in [6.07, 6.45) is 2.00.